The van der Waals surface area contributed by atoms with Gasteiger partial charge in [0.2, 0.25) is 5.91 Å². The second kappa shape index (κ2) is 8.03. The normalized spacial score (nSPS) is 18.0. The Kier molecular flexibility index (Phi) is 5.46. The first-order chi connectivity index (χ1) is 14.0. The van der Waals surface area contributed by atoms with Crippen LogP contribution in [0.2, 0.25) is 5.02 Å². The number of nitro benzene ring substituents is 1. The summed E-state index contributed by atoms with van der Waals surface area (Å²) in [5.74, 6) is -0.0751. The number of anilines is 2. The molecule has 1 amide bonds. The van der Waals surface area contributed by atoms with Crippen LogP contribution < -0.4 is 10.2 Å². The summed E-state index contributed by atoms with van der Waals surface area (Å²) in [5, 5.41) is 14.6. The number of benzene rings is 2. The van der Waals surface area contributed by atoms with Gasteiger partial charge in [-0.15, -0.1) is 0 Å². The molecule has 0 aromatic heterocycles. The summed E-state index contributed by atoms with van der Waals surface area (Å²) in [4.78, 5) is 26.1. The number of rotatable bonds is 5. The average molecular weight is 414 g/mol. The third-order valence-electron chi connectivity index (χ3n) is 6.17. The first kappa shape index (κ1) is 19.7. The minimum absolute atomic E-state index is 0.0339. The molecule has 2 aromatic rings. The van der Waals surface area contributed by atoms with E-state index >= 15 is 0 Å². The number of nitro groups is 1. The number of hydrogen-bond donors (Lipinski definition) is 1. The van der Waals surface area contributed by atoms with E-state index in [1.165, 1.54) is 25.0 Å². The average Bonchev–Trinajstić information content (AvgIpc) is 3.41. The van der Waals surface area contributed by atoms with Crippen LogP contribution in [0.15, 0.2) is 42.5 Å². The maximum atomic E-state index is 13.3. The standard InChI is InChI=1S/C22H24ClN3O3/c23-19-15-17(7-10-20(19)25-13-3-4-14-25)24-21(27)22(11-1-2-12-22)16-5-8-18(9-6-16)26(28)29/h5-10,15H,1-4,11-14H2,(H,24,27). The molecule has 0 spiro atoms. The van der Waals surface area contributed by atoms with E-state index in [0.717, 1.165) is 50.0 Å². The number of amides is 1. The third-order valence-corrected chi connectivity index (χ3v) is 6.48. The molecule has 1 aliphatic heterocycles. The second-order valence-electron chi connectivity index (χ2n) is 7.91. The van der Waals surface area contributed by atoms with Gasteiger partial charge in [-0.3, -0.25) is 14.9 Å². The lowest BCUT2D eigenvalue weighted by Crippen LogP contribution is -2.38. The molecule has 1 saturated heterocycles. The Hall–Kier alpha value is -2.60. The molecule has 1 N–H and O–H groups in total. The third kappa shape index (κ3) is 3.81. The quantitative estimate of drug-likeness (QED) is 0.533. The van der Waals surface area contributed by atoms with Crippen molar-refractivity contribution < 1.29 is 9.72 Å². The van der Waals surface area contributed by atoms with Crippen LogP contribution in [0, 0.1) is 10.1 Å². The molecular formula is C22H24ClN3O3. The number of carbonyl (C=O) groups excluding carboxylic acids is 1. The van der Waals surface area contributed by atoms with Crippen molar-refractivity contribution in [2.24, 2.45) is 0 Å². The zero-order valence-electron chi connectivity index (χ0n) is 16.2. The van der Waals surface area contributed by atoms with E-state index in [0.29, 0.717) is 10.7 Å². The Bertz CT molecular complexity index is 917. The van der Waals surface area contributed by atoms with Crippen molar-refractivity contribution in [1.29, 1.82) is 0 Å². The summed E-state index contributed by atoms with van der Waals surface area (Å²) in [6.45, 7) is 2.02. The lowest BCUT2D eigenvalue weighted by atomic mass is 9.78. The van der Waals surface area contributed by atoms with Crippen LogP contribution in [-0.4, -0.2) is 23.9 Å². The van der Waals surface area contributed by atoms with Gasteiger partial charge in [-0.05, 0) is 49.4 Å². The fourth-order valence-corrected chi connectivity index (χ4v) is 4.88. The Labute approximate surface area is 175 Å². The number of hydrogen-bond acceptors (Lipinski definition) is 4. The van der Waals surface area contributed by atoms with Crippen LogP contribution in [0.5, 0.6) is 0 Å². The van der Waals surface area contributed by atoms with Crippen molar-refractivity contribution in [3.05, 3.63) is 63.2 Å². The van der Waals surface area contributed by atoms with Crippen molar-refractivity contribution in [1.82, 2.24) is 0 Å². The summed E-state index contributed by atoms with van der Waals surface area (Å²) in [6.07, 6.45) is 5.73. The van der Waals surface area contributed by atoms with E-state index in [2.05, 4.69) is 10.2 Å². The highest BCUT2D eigenvalue weighted by atomic mass is 35.5. The second-order valence-corrected chi connectivity index (χ2v) is 8.31. The molecule has 7 heteroatoms. The van der Waals surface area contributed by atoms with Crippen LogP contribution in [0.4, 0.5) is 17.1 Å². The topological polar surface area (TPSA) is 75.5 Å². The maximum Gasteiger partial charge on any atom is 0.269 e. The first-order valence-electron chi connectivity index (χ1n) is 10.1. The van der Waals surface area contributed by atoms with E-state index < -0.39 is 10.3 Å². The smallest absolute Gasteiger partial charge is 0.269 e. The van der Waals surface area contributed by atoms with Crippen molar-refractivity contribution in [3.63, 3.8) is 0 Å². The van der Waals surface area contributed by atoms with Crippen LogP contribution in [-0.2, 0) is 10.2 Å². The molecule has 4 rings (SSSR count). The Balaban J connectivity index is 1.56. The van der Waals surface area contributed by atoms with Gasteiger partial charge in [0.25, 0.3) is 5.69 Å². The lowest BCUT2D eigenvalue weighted by Gasteiger charge is -2.28. The number of nitrogens with one attached hydrogen (secondary N) is 1. The number of halogens is 1. The van der Waals surface area contributed by atoms with E-state index in [1.54, 1.807) is 12.1 Å². The van der Waals surface area contributed by atoms with Gasteiger partial charge in [0.1, 0.15) is 0 Å². The Morgan fingerprint density at radius 3 is 2.28 bits per heavy atom. The monoisotopic (exact) mass is 413 g/mol. The van der Waals surface area contributed by atoms with Gasteiger partial charge in [0, 0.05) is 30.9 Å². The predicted molar refractivity (Wildman–Crippen MR) is 115 cm³/mol. The highest BCUT2D eigenvalue weighted by Crippen LogP contribution is 2.43. The molecule has 152 valence electrons. The van der Waals surface area contributed by atoms with Crippen LogP contribution in [0.1, 0.15) is 44.1 Å². The summed E-state index contributed by atoms with van der Waals surface area (Å²) in [5.41, 5.74) is 1.89. The molecule has 0 unspecified atom stereocenters. The predicted octanol–water partition coefficient (Wildman–Crippen LogP) is 5.30. The summed E-state index contributed by atoms with van der Waals surface area (Å²) in [7, 11) is 0. The molecule has 0 radical (unpaired) electrons. The fourth-order valence-electron chi connectivity index (χ4n) is 4.58. The van der Waals surface area contributed by atoms with Crippen molar-refractivity contribution in [2.75, 3.05) is 23.3 Å². The summed E-state index contributed by atoms with van der Waals surface area (Å²) < 4.78 is 0. The molecule has 6 nitrogen and oxygen atoms in total. The van der Waals surface area contributed by atoms with E-state index in [4.69, 9.17) is 11.6 Å². The minimum atomic E-state index is -0.658. The van der Waals surface area contributed by atoms with Gasteiger partial charge in [0.05, 0.1) is 21.0 Å². The van der Waals surface area contributed by atoms with E-state index in [1.807, 2.05) is 18.2 Å². The molecular weight excluding hydrogens is 390 g/mol. The zero-order chi connectivity index (χ0) is 20.4. The molecule has 0 bridgehead atoms. The van der Waals surface area contributed by atoms with Crippen LogP contribution in [0.25, 0.3) is 0 Å². The van der Waals surface area contributed by atoms with E-state index in [-0.39, 0.29) is 11.6 Å². The molecule has 1 saturated carbocycles. The number of carbonyl (C=O) groups is 1. The van der Waals surface area contributed by atoms with E-state index in [9.17, 15) is 14.9 Å². The van der Waals surface area contributed by atoms with Gasteiger partial charge in [-0.2, -0.15) is 0 Å². The number of non-ortho nitro benzene ring substituents is 1. The highest BCUT2D eigenvalue weighted by molar-refractivity contribution is 6.33. The summed E-state index contributed by atoms with van der Waals surface area (Å²) in [6, 6.07) is 12.1. The minimum Gasteiger partial charge on any atom is -0.370 e. The Morgan fingerprint density at radius 1 is 1.03 bits per heavy atom. The van der Waals surface area contributed by atoms with Crippen molar-refractivity contribution >= 4 is 34.6 Å². The van der Waals surface area contributed by atoms with Crippen molar-refractivity contribution in [2.45, 2.75) is 43.9 Å². The number of nitrogens with zero attached hydrogens (tertiary/aromatic N) is 2. The van der Waals surface area contributed by atoms with Gasteiger partial charge in [0.15, 0.2) is 0 Å². The van der Waals surface area contributed by atoms with Gasteiger partial charge in [-0.1, -0.05) is 36.6 Å². The highest BCUT2D eigenvalue weighted by Gasteiger charge is 2.43. The fraction of sp³-hybridized carbons (Fsp3) is 0.409. The molecule has 2 aromatic carbocycles. The first-order valence-corrected chi connectivity index (χ1v) is 10.5. The molecule has 2 aliphatic rings. The van der Waals surface area contributed by atoms with Crippen LogP contribution in [0.3, 0.4) is 0 Å². The molecule has 1 aliphatic carbocycles. The summed E-state index contributed by atoms with van der Waals surface area (Å²) >= 11 is 6.49. The maximum absolute atomic E-state index is 13.3. The molecule has 0 atom stereocenters. The van der Waals surface area contributed by atoms with Gasteiger partial charge < -0.3 is 10.2 Å². The van der Waals surface area contributed by atoms with Crippen molar-refractivity contribution in [3.8, 4) is 0 Å². The largest absolute Gasteiger partial charge is 0.370 e. The van der Waals surface area contributed by atoms with Crippen LogP contribution >= 0.6 is 11.6 Å². The SMILES string of the molecule is O=C(Nc1ccc(N2CCCC2)c(Cl)c1)C1(c2ccc([N+](=O)[O-])cc2)CCCC1. The van der Waals surface area contributed by atoms with Gasteiger partial charge in [-0.25, -0.2) is 0 Å². The zero-order valence-corrected chi connectivity index (χ0v) is 17.0. The lowest BCUT2D eigenvalue weighted by molar-refractivity contribution is -0.384. The molecule has 29 heavy (non-hydrogen) atoms. The van der Waals surface area contributed by atoms with Gasteiger partial charge >= 0.3 is 0 Å². The molecule has 1 heterocycles. The Morgan fingerprint density at radius 2 is 1.69 bits per heavy atom. The molecule has 2 fully saturated rings.